The van der Waals surface area contributed by atoms with Gasteiger partial charge in [0, 0.05) is 36.8 Å². The van der Waals surface area contributed by atoms with Gasteiger partial charge in [-0.15, -0.1) is 0 Å². The molecule has 2 aliphatic rings. The molecule has 1 aliphatic heterocycles. The fraction of sp³-hybridized carbons (Fsp3) is 0.577. The van der Waals surface area contributed by atoms with Gasteiger partial charge in [-0.25, -0.2) is 9.18 Å². The van der Waals surface area contributed by atoms with E-state index in [1.165, 1.54) is 13.3 Å². The Morgan fingerprint density at radius 2 is 1.94 bits per heavy atom. The van der Waals surface area contributed by atoms with E-state index in [1.807, 2.05) is 32.6 Å². The molecule has 1 saturated carbocycles. The maximum atomic E-state index is 15.7. The number of nitrogens with two attached hydrogens (primary N) is 1. The van der Waals surface area contributed by atoms with Crippen LogP contribution in [0.1, 0.15) is 63.4 Å². The topological polar surface area (TPSA) is 127 Å². The van der Waals surface area contributed by atoms with Crippen molar-refractivity contribution in [2.24, 2.45) is 17.1 Å². The lowest BCUT2D eigenvalue weighted by Crippen LogP contribution is -2.58. The summed E-state index contributed by atoms with van der Waals surface area (Å²) in [6.07, 6.45) is 3.59. The molecule has 1 aromatic heterocycles. The number of carbonyl (C=O) groups excluding carboxylic acids is 1. The molecule has 0 bridgehead atoms. The molecule has 4 N–H and O–H groups in total. The van der Waals surface area contributed by atoms with Crippen molar-refractivity contribution in [1.82, 2.24) is 9.88 Å². The second-order valence-corrected chi connectivity index (χ2v) is 11.0. The standard InChI is InChI=1S/C26H35FN4O5/c1-13(2)19(28)24(33)29-18-8-9-30(12-26(18,3)4)21-17(27)10-15-20(23(21)36-5)31(14-6-7-14)11-16(22(15)32)25(34)35/h10-11,13-14,18-19H,6-9,12,28H2,1-5H3,(H,29,33)(H,34,35)/t18?,19-/m0/s1. The highest BCUT2D eigenvalue weighted by atomic mass is 19.1. The Bertz CT molecular complexity index is 1270. The number of fused-ring (bicyclic) bond motifs is 1. The molecule has 196 valence electrons. The van der Waals surface area contributed by atoms with Gasteiger partial charge in [0.25, 0.3) is 0 Å². The average Bonchev–Trinajstić information content (AvgIpc) is 3.64. The lowest BCUT2D eigenvalue weighted by atomic mass is 9.78. The van der Waals surface area contributed by atoms with Crippen molar-refractivity contribution >= 4 is 28.5 Å². The van der Waals surface area contributed by atoms with Crippen molar-refractivity contribution < 1.29 is 23.8 Å². The number of rotatable bonds is 7. The number of hydrogen-bond acceptors (Lipinski definition) is 6. The molecule has 9 nitrogen and oxygen atoms in total. The minimum Gasteiger partial charge on any atom is -0.492 e. The molecule has 0 spiro atoms. The maximum Gasteiger partial charge on any atom is 0.341 e. The molecular weight excluding hydrogens is 467 g/mol. The van der Waals surface area contributed by atoms with Crippen LogP contribution in [0.25, 0.3) is 10.9 Å². The van der Waals surface area contributed by atoms with Crippen LogP contribution in [-0.2, 0) is 4.79 Å². The Hall–Kier alpha value is -3.14. The van der Waals surface area contributed by atoms with Crippen molar-refractivity contribution in [3.63, 3.8) is 0 Å². The number of benzene rings is 1. The van der Waals surface area contributed by atoms with Gasteiger partial charge in [0.05, 0.1) is 24.1 Å². The number of carbonyl (C=O) groups is 2. The van der Waals surface area contributed by atoms with Crippen LogP contribution in [0.2, 0.25) is 0 Å². The van der Waals surface area contributed by atoms with Crippen LogP contribution in [0.4, 0.5) is 10.1 Å². The first-order valence-electron chi connectivity index (χ1n) is 12.4. The number of carboxylic acid groups (broad SMARTS) is 1. The molecule has 0 radical (unpaired) electrons. The first-order chi connectivity index (χ1) is 16.9. The number of nitrogens with zero attached hydrogens (tertiary/aromatic N) is 2. The summed E-state index contributed by atoms with van der Waals surface area (Å²) in [6, 6.07) is 0.402. The molecule has 10 heteroatoms. The number of aromatic carboxylic acids is 1. The highest BCUT2D eigenvalue weighted by molar-refractivity contribution is 5.97. The first kappa shape index (κ1) is 25.9. The number of carboxylic acids is 1. The van der Waals surface area contributed by atoms with Crippen LogP contribution >= 0.6 is 0 Å². The van der Waals surface area contributed by atoms with Crippen molar-refractivity contribution in [3.05, 3.63) is 33.9 Å². The summed E-state index contributed by atoms with van der Waals surface area (Å²) in [5.41, 5.74) is 5.13. The predicted molar refractivity (Wildman–Crippen MR) is 135 cm³/mol. The summed E-state index contributed by atoms with van der Waals surface area (Å²) in [5, 5.41) is 12.6. The van der Waals surface area contributed by atoms with Crippen molar-refractivity contribution in [3.8, 4) is 5.75 Å². The van der Waals surface area contributed by atoms with E-state index in [9.17, 15) is 19.5 Å². The maximum absolute atomic E-state index is 15.7. The molecule has 2 heterocycles. The molecule has 36 heavy (non-hydrogen) atoms. The highest BCUT2D eigenvalue weighted by Gasteiger charge is 2.40. The predicted octanol–water partition coefficient (Wildman–Crippen LogP) is 2.89. The summed E-state index contributed by atoms with van der Waals surface area (Å²) in [4.78, 5) is 39.1. The summed E-state index contributed by atoms with van der Waals surface area (Å²) >= 11 is 0. The molecule has 2 fully saturated rings. The number of methoxy groups -OCH3 is 1. The number of aromatic nitrogens is 1. The molecule has 1 unspecified atom stereocenters. The van der Waals surface area contributed by atoms with Crippen LogP contribution in [0.15, 0.2) is 17.1 Å². The van der Waals surface area contributed by atoms with Gasteiger partial charge in [-0.3, -0.25) is 9.59 Å². The van der Waals surface area contributed by atoms with Gasteiger partial charge in [-0.05, 0) is 31.2 Å². The minimum absolute atomic E-state index is 0.00914. The molecule has 2 atom stereocenters. The zero-order chi connectivity index (χ0) is 26.5. The number of ether oxygens (including phenoxy) is 1. The minimum atomic E-state index is -1.34. The molecule has 1 saturated heterocycles. The summed E-state index contributed by atoms with van der Waals surface area (Å²) in [6.45, 7) is 8.69. The average molecular weight is 503 g/mol. The normalized spacial score (nSPS) is 20.4. The van der Waals surface area contributed by atoms with E-state index in [4.69, 9.17) is 10.5 Å². The Morgan fingerprint density at radius 3 is 2.47 bits per heavy atom. The van der Waals surface area contributed by atoms with E-state index in [0.29, 0.717) is 25.0 Å². The zero-order valence-electron chi connectivity index (χ0n) is 21.4. The number of pyridine rings is 1. The molecule has 1 amide bonds. The Labute approximate surface area is 209 Å². The highest BCUT2D eigenvalue weighted by Crippen LogP contribution is 2.45. The lowest BCUT2D eigenvalue weighted by molar-refractivity contribution is -0.125. The van der Waals surface area contributed by atoms with E-state index in [0.717, 1.165) is 18.9 Å². The van der Waals surface area contributed by atoms with E-state index < -0.39 is 28.7 Å². The smallest absolute Gasteiger partial charge is 0.341 e. The van der Waals surface area contributed by atoms with Crippen LogP contribution in [0.5, 0.6) is 5.75 Å². The van der Waals surface area contributed by atoms with Gasteiger partial charge in [0.2, 0.25) is 11.3 Å². The number of piperidine rings is 1. The van der Waals surface area contributed by atoms with Crippen LogP contribution in [-0.4, -0.2) is 53.8 Å². The van der Waals surface area contributed by atoms with Crippen molar-refractivity contribution in [2.45, 2.75) is 65.1 Å². The van der Waals surface area contributed by atoms with Gasteiger partial charge >= 0.3 is 5.97 Å². The SMILES string of the molecule is COc1c(N2CCC(NC(=O)[C@@H](N)C(C)C)C(C)(C)C2)c(F)cc2c(=O)c(C(=O)O)cn(C3CC3)c12. The van der Waals surface area contributed by atoms with Crippen LogP contribution in [0.3, 0.4) is 0 Å². The summed E-state index contributed by atoms with van der Waals surface area (Å²) in [7, 11) is 1.43. The van der Waals surface area contributed by atoms with Crippen LogP contribution in [0, 0.1) is 17.2 Å². The molecule has 4 rings (SSSR count). The number of nitrogens with one attached hydrogen (secondary N) is 1. The third kappa shape index (κ3) is 4.54. The number of amides is 1. The molecule has 1 aromatic carbocycles. The fourth-order valence-electron chi connectivity index (χ4n) is 5.11. The zero-order valence-corrected chi connectivity index (χ0v) is 21.4. The molecule has 1 aliphatic carbocycles. The van der Waals surface area contributed by atoms with Gasteiger partial charge in [0.15, 0.2) is 11.6 Å². The molecule has 2 aromatic rings. The third-order valence-corrected chi connectivity index (χ3v) is 7.46. The quantitative estimate of drug-likeness (QED) is 0.531. The third-order valence-electron chi connectivity index (χ3n) is 7.46. The number of hydrogen-bond donors (Lipinski definition) is 3. The number of anilines is 1. The van der Waals surface area contributed by atoms with E-state index in [1.54, 1.807) is 4.57 Å². The Balaban J connectivity index is 1.75. The van der Waals surface area contributed by atoms with Crippen LogP contribution < -0.4 is 26.1 Å². The monoisotopic (exact) mass is 502 g/mol. The number of halogens is 1. The van der Waals surface area contributed by atoms with Crippen molar-refractivity contribution in [1.29, 1.82) is 0 Å². The molecular formula is C26H35FN4O5. The largest absolute Gasteiger partial charge is 0.492 e. The van der Waals surface area contributed by atoms with Gasteiger partial charge in [0.1, 0.15) is 11.3 Å². The summed E-state index contributed by atoms with van der Waals surface area (Å²) < 4.78 is 23.1. The lowest BCUT2D eigenvalue weighted by Gasteiger charge is -2.46. The van der Waals surface area contributed by atoms with Gasteiger partial charge in [-0.2, -0.15) is 0 Å². The fourth-order valence-corrected chi connectivity index (χ4v) is 5.11. The first-order valence-corrected chi connectivity index (χ1v) is 12.4. The Morgan fingerprint density at radius 1 is 1.28 bits per heavy atom. The van der Waals surface area contributed by atoms with Gasteiger partial charge in [-0.1, -0.05) is 27.7 Å². The van der Waals surface area contributed by atoms with E-state index in [-0.39, 0.29) is 46.3 Å². The van der Waals surface area contributed by atoms with Crippen molar-refractivity contribution in [2.75, 3.05) is 25.1 Å². The van der Waals surface area contributed by atoms with E-state index in [2.05, 4.69) is 5.32 Å². The van der Waals surface area contributed by atoms with Gasteiger partial charge < -0.3 is 30.4 Å². The second-order valence-electron chi connectivity index (χ2n) is 11.0. The van der Waals surface area contributed by atoms with E-state index >= 15 is 4.39 Å². The Kier molecular flexibility index (Phi) is 6.76. The second kappa shape index (κ2) is 9.38. The summed E-state index contributed by atoms with van der Waals surface area (Å²) in [5.74, 6) is -1.97.